The Morgan fingerprint density at radius 2 is 1.93 bits per heavy atom. The molecule has 0 saturated heterocycles. The number of hydrogen-bond acceptors (Lipinski definition) is 3. The smallest absolute Gasteiger partial charge is 0.256 e. The molecule has 0 radical (unpaired) electrons. The molecule has 0 unspecified atom stereocenters. The van der Waals surface area contributed by atoms with E-state index in [4.69, 9.17) is 11.6 Å². The molecule has 0 aliphatic carbocycles. The summed E-state index contributed by atoms with van der Waals surface area (Å²) in [6, 6.07) is 8.19. The Morgan fingerprint density at radius 1 is 1.19 bits per heavy atom. The first-order chi connectivity index (χ1) is 13.0. The molecule has 0 aliphatic heterocycles. The number of nitrogens with one attached hydrogen (secondary N) is 1. The van der Waals surface area contributed by atoms with Gasteiger partial charge in [0.1, 0.15) is 11.0 Å². The van der Waals surface area contributed by atoms with Gasteiger partial charge in [-0.3, -0.25) is 4.79 Å². The summed E-state index contributed by atoms with van der Waals surface area (Å²) in [5.41, 5.74) is 3.37. The number of halogens is 1. The molecule has 7 heteroatoms. The number of hydrogen-bond donors (Lipinski definition) is 1. The maximum Gasteiger partial charge on any atom is 0.256 e. The van der Waals surface area contributed by atoms with Gasteiger partial charge < -0.3 is 9.88 Å². The second kappa shape index (κ2) is 8.39. The minimum absolute atomic E-state index is 0.185. The van der Waals surface area contributed by atoms with Gasteiger partial charge in [0, 0.05) is 25.5 Å². The Morgan fingerprint density at radius 3 is 2.59 bits per heavy atom. The standard InChI is InChI=1S/C20H24ClN5O/c1-14-5-7-17(8-6-14)13-26-19(21)18(15(2)24-26)20(27)23-9-4-11-25-12-10-22-16(25)3/h5-8,10,12H,4,9,11,13H2,1-3H3,(H,23,27). The summed E-state index contributed by atoms with van der Waals surface area (Å²) in [4.78, 5) is 16.7. The zero-order chi connectivity index (χ0) is 19.4. The molecular weight excluding hydrogens is 362 g/mol. The molecule has 3 rings (SSSR count). The minimum Gasteiger partial charge on any atom is -0.352 e. The molecule has 6 nitrogen and oxygen atoms in total. The molecule has 2 aromatic heterocycles. The number of rotatable bonds is 7. The van der Waals surface area contributed by atoms with Crippen LogP contribution in [-0.4, -0.2) is 31.8 Å². The van der Waals surface area contributed by atoms with Crippen molar-refractivity contribution in [3.8, 4) is 0 Å². The second-order valence-corrected chi connectivity index (χ2v) is 7.03. The highest BCUT2D eigenvalue weighted by molar-refractivity contribution is 6.33. The normalized spacial score (nSPS) is 11.0. The van der Waals surface area contributed by atoms with Crippen LogP contribution in [0.5, 0.6) is 0 Å². The van der Waals surface area contributed by atoms with Crippen molar-refractivity contribution in [2.45, 2.75) is 40.3 Å². The third-order valence-corrected chi connectivity index (χ3v) is 4.91. The van der Waals surface area contributed by atoms with Crippen LogP contribution in [0.3, 0.4) is 0 Å². The number of carbonyl (C=O) groups is 1. The van der Waals surface area contributed by atoms with Crippen LogP contribution >= 0.6 is 11.6 Å². The van der Waals surface area contributed by atoms with E-state index in [1.165, 1.54) is 5.56 Å². The van der Waals surface area contributed by atoms with Gasteiger partial charge in [-0.05, 0) is 32.8 Å². The van der Waals surface area contributed by atoms with Gasteiger partial charge in [-0.25, -0.2) is 9.67 Å². The van der Waals surface area contributed by atoms with E-state index in [1.54, 1.807) is 17.8 Å². The third-order valence-electron chi connectivity index (χ3n) is 4.53. The van der Waals surface area contributed by atoms with Crippen LogP contribution in [0.1, 0.15) is 39.4 Å². The van der Waals surface area contributed by atoms with Crippen molar-refractivity contribution in [1.29, 1.82) is 0 Å². The Hall–Kier alpha value is -2.60. The largest absolute Gasteiger partial charge is 0.352 e. The molecule has 0 atom stereocenters. The molecule has 0 aliphatic rings. The summed E-state index contributed by atoms with van der Waals surface area (Å²) in [6.45, 7) is 7.73. The van der Waals surface area contributed by atoms with Crippen LogP contribution < -0.4 is 5.32 Å². The van der Waals surface area contributed by atoms with Gasteiger partial charge in [-0.1, -0.05) is 41.4 Å². The quantitative estimate of drug-likeness (QED) is 0.633. The van der Waals surface area contributed by atoms with Crippen LogP contribution in [-0.2, 0) is 13.1 Å². The Kier molecular flexibility index (Phi) is 5.96. The molecule has 142 valence electrons. The number of carbonyl (C=O) groups excluding carboxylic acids is 1. The van der Waals surface area contributed by atoms with Crippen LogP contribution in [0.4, 0.5) is 0 Å². The molecule has 0 saturated carbocycles. The van der Waals surface area contributed by atoms with Crippen LogP contribution in [0.2, 0.25) is 5.15 Å². The average Bonchev–Trinajstić information content (AvgIpc) is 3.16. The van der Waals surface area contributed by atoms with Crippen molar-refractivity contribution in [3.63, 3.8) is 0 Å². The van der Waals surface area contributed by atoms with E-state index in [-0.39, 0.29) is 5.91 Å². The summed E-state index contributed by atoms with van der Waals surface area (Å²) in [5, 5.41) is 7.75. The zero-order valence-electron chi connectivity index (χ0n) is 15.9. The lowest BCUT2D eigenvalue weighted by Crippen LogP contribution is -2.26. The first kappa shape index (κ1) is 19.2. The van der Waals surface area contributed by atoms with Gasteiger partial charge in [0.2, 0.25) is 0 Å². The van der Waals surface area contributed by atoms with Crippen molar-refractivity contribution in [1.82, 2.24) is 24.6 Å². The molecule has 2 heterocycles. The molecule has 1 N–H and O–H groups in total. The summed E-state index contributed by atoms with van der Waals surface area (Å²) in [5.74, 6) is 0.785. The highest BCUT2D eigenvalue weighted by Gasteiger charge is 2.20. The predicted molar refractivity (Wildman–Crippen MR) is 106 cm³/mol. The number of nitrogens with zero attached hydrogens (tertiary/aromatic N) is 4. The van der Waals surface area contributed by atoms with E-state index in [1.807, 2.05) is 32.2 Å². The summed E-state index contributed by atoms with van der Waals surface area (Å²) in [7, 11) is 0. The molecule has 27 heavy (non-hydrogen) atoms. The van der Waals surface area contributed by atoms with Crippen molar-refractivity contribution >= 4 is 17.5 Å². The Labute approximate surface area is 164 Å². The number of benzene rings is 1. The number of imidazole rings is 1. The maximum absolute atomic E-state index is 12.6. The van der Waals surface area contributed by atoms with Crippen molar-refractivity contribution in [3.05, 3.63) is 70.0 Å². The summed E-state index contributed by atoms with van der Waals surface area (Å²) < 4.78 is 3.73. The monoisotopic (exact) mass is 385 g/mol. The number of aromatic nitrogens is 4. The van der Waals surface area contributed by atoms with Gasteiger partial charge in [0.15, 0.2) is 0 Å². The molecule has 1 aromatic carbocycles. The highest BCUT2D eigenvalue weighted by Crippen LogP contribution is 2.21. The molecule has 0 fully saturated rings. The fourth-order valence-electron chi connectivity index (χ4n) is 2.96. The van der Waals surface area contributed by atoms with Crippen molar-refractivity contribution in [2.75, 3.05) is 6.54 Å². The van der Waals surface area contributed by atoms with Crippen LogP contribution in [0.25, 0.3) is 0 Å². The van der Waals surface area contributed by atoms with E-state index < -0.39 is 0 Å². The van der Waals surface area contributed by atoms with E-state index in [0.717, 1.165) is 24.4 Å². The van der Waals surface area contributed by atoms with Gasteiger partial charge >= 0.3 is 0 Å². The van der Waals surface area contributed by atoms with E-state index >= 15 is 0 Å². The van der Waals surface area contributed by atoms with E-state index in [9.17, 15) is 4.79 Å². The van der Waals surface area contributed by atoms with Crippen LogP contribution in [0, 0.1) is 20.8 Å². The average molecular weight is 386 g/mol. The Balaban J connectivity index is 1.60. The fourth-order valence-corrected chi connectivity index (χ4v) is 3.28. The Bertz CT molecular complexity index is 927. The minimum atomic E-state index is -0.185. The van der Waals surface area contributed by atoms with Crippen molar-refractivity contribution < 1.29 is 4.79 Å². The topological polar surface area (TPSA) is 64.7 Å². The van der Waals surface area contributed by atoms with Gasteiger partial charge in [-0.2, -0.15) is 5.10 Å². The molecule has 1 amide bonds. The zero-order valence-corrected chi connectivity index (χ0v) is 16.6. The van der Waals surface area contributed by atoms with E-state index in [0.29, 0.717) is 29.5 Å². The lowest BCUT2D eigenvalue weighted by atomic mass is 10.1. The van der Waals surface area contributed by atoms with Gasteiger partial charge in [-0.15, -0.1) is 0 Å². The number of amides is 1. The first-order valence-electron chi connectivity index (χ1n) is 9.00. The third kappa shape index (κ3) is 4.57. The summed E-state index contributed by atoms with van der Waals surface area (Å²) >= 11 is 6.45. The van der Waals surface area contributed by atoms with Crippen molar-refractivity contribution in [2.24, 2.45) is 0 Å². The fraction of sp³-hybridized carbons (Fsp3) is 0.350. The predicted octanol–water partition coefficient (Wildman–Crippen LogP) is 3.53. The number of aryl methyl sites for hydroxylation is 4. The molecule has 0 bridgehead atoms. The molecule has 3 aromatic rings. The van der Waals surface area contributed by atoms with E-state index in [2.05, 4.69) is 32.1 Å². The second-order valence-electron chi connectivity index (χ2n) is 6.67. The first-order valence-corrected chi connectivity index (χ1v) is 9.38. The maximum atomic E-state index is 12.6. The highest BCUT2D eigenvalue weighted by atomic mass is 35.5. The van der Waals surface area contributed by atoms with Gasteiger partial charge in [0.05, 0.1) is 17.8 Å². The lowest BCUT2D eigenvalue weighted by molar-refractivity contribution is 0.0952. The SMILES string of the molecule is Cc1ccc(Cn2nc(C)c(C(=O)NCCCn3ccnc3C)c2Cl)cc1. The molecule has 0 spiro atoms. The lowest BCUT2D eigenvalue weighted by Gasteiger charge is -2.07. The summed E-state index contributed by atoms with van der Waals surface area (Å²) in [6.07, 6.45) is 4.53. The van der Waals surface area contributed by atoms with Gasteiger partial charge in [0.25, 0.3) is 5.91 Å². The molecular formula is C20H24ClN5O. The van der Waals surface area contributed by atoms with Crippen LogP contribution in [0.15, 0.2) is 36.7 Å².